The van der Waals surface area contributed by atoms with Crippen molar-refractivity contribution in [3.05, 3.63) is 0 Å². The summed E-state index contributed by atoms with van der Waals surface area (Å²) in [5, 5.41) is 9.99. The molecule has 0 aromatic carbocycles. The fourth-order valence-electron chi connectivity index (χ4n) is 3.22. The van der Waals surface area contributed by atoms with Gasteiger partial charge in [0, 0.05) is 6.04 Å². The summed E-state index contributed by atoms with van der Waals surface area (Å²) in [6.45, 7) is 5.26. The highest BCUT2D eigenvalue weighted by Gasteiger charge is 2.18. The van der Waals surface area contributed by atoms with Crippen LogP contribution in [-0.4, -0.2) is 17.7 Å². The molecular formula is C18H38N4. The van der Waals surface area contributed by atoms with Gasteiger partial charge in [0.25, 0.3) is 0 Å². The summed E-state index contributed by atoms with van der Waals surface area (Å²) in [7, 11) is 0. The molecule has 4 nitrogen and oxygen atoms in total. The summed E-state index contributed by atoms with van der Waals surface area (Å²) in [4.78, 5) is 0. The Labute approximate surface area is 138 Å². The minimum Gasteiger partial charge on any atom is -0.220 e. The van der Waals surface area contributed by atoms with Crippen molar-refractivity contribution >= 4 is 0 Å². The van der Waals surface area contributed by atoms with E-state index in [4.69, 9.17) is 0 Å². The predicted molar refractivity (Wildman–Crippen MR) is 94.5 cm³/mol. The minimum absolute atomic E-state index is 0.595. The van der Waals surface area contributed by atoms with Crippen molar-refractivity contribution in [3.8, 4) is 0 Å². The van der Waals surface area contributed by atoms with E-state index >= 15 is 0 Å². The SMILES string of the molecule is CCCCCCCCCCCCCCC(CC)N1CN=NN1. The van der Waals surface area contributed by atoms with Gasteiger partial charge in [0.2, 0.25) is 0 Å². The van der Waals surface area contributed by atoms with Gasteiger partial charge in [0.05, 0.1) is 0 Å². The summed E-state index contributed by atoms with van der Waals surface area (Å²) >= 11 is 0. The summed E-state index contributed by atoms with van der Waals surface area (Å²) in [5.74, 6) is 0. The van der Waals surface area contributed by atoms with Crippen molar-refractivity contribution in [1.82, 2.24) is 10.5 Å². The first-order valence-corrected chi connectivity index (χ1v) is 9.77. The summed E-state index contributed by atoms with van der Waals surface area (Å²) in [6, 6.07) is 0.595. The van der Waals surface area contributed by atoms with Crippen molar-refractivity contribution in [3.63, 3.8) is 0 Å². The lowest BCUT2D eigenvalue weighted by atomic mass is 10.0. The van der Waals surface area contributed by atoms with Gasteiger partial charge in [-0.15, -0.1) is 0 Å². The van der Waals surface area contributed by atoms with Crippen molar-refractivity contribution in [2.45, 2.75) is 110 Å². The van der Waals surface area contributed by atoms with Gasteiger partial charge in [-0.2, -0.15) is 10.1 Å². The standard InChI is InChI=1S/C18H38N4/c1-3-5-6-7-8-9-10-11-12-13-14-15-16-18(4-2)22-17-19-20-21-22/h18H,3-17H2,1-2H3,(H,19,21). The van der Waals surface area contributed by atoms with Crippen LogP contribution in [0.15, 0.2) is 10.3 Å². The van der Waals surface area contributed by atoms with Crippen molar-refractivity contribution in [2.75, 3.05) is 6.67 Å². The average Bonchev–Trinajstić information content (AvgIpc) is 3.06. The highest BCUT2D eigenvalue weighted by atomic mass is 15.8. The Morgan fingerprint density at radius 2 is 1.36 bits per heavy atom. The minimum atomic E-state index is 0.595. The van der Waals surface area contributed by atoms with Crippen LogP contribution in [0.1, 0.15) is 104 Å². The zero-order valence-electron chi connectivity index (χ0n) is 15.0. The largest absolute Gasteiger partial charge is 0.220 e. The van der Waals surface area contributed by atoms with Gasteiger partial charge in [-0.05, 0) is 12.8 Å². The average molecular weight is 311 g/mol. The molecule has 0 aromatic rings. The van der Waals surface area contributed by atoms with Crippen LogP contribution >= 0.6 is 0 Å². The number of unbranched alkanes of at least 4 members (excludes halogenated alkanes) is 11. The summed E-state index contributed by atoms with van der Waals surface area (Å²) < 4.78 is 0. The Bertz CT molecular complexity index is 260. The van der Waals surface area contributed by atoms with E-state index in [1.807, 2.05) is 0 Å². The van der Waals surface area contributed by atoms with Gasteiger partial charge in [-0.25, -0.2) is 5.53 Å². The third-order valence-electron chi connectivity index (χ3n) is 4.76. The third-order valence-corrected chi connectivity index (χ3v) is 4.76. The second-order valence-electron chi connectivity index (χ2n) is 6.69. The molecule has 0 fully saturated rings. The maximum Gasteiger partial charge on any atom is 0.133 e. The molecule has 130 valence electrons. The molecule has 1 unspecified atom stereocenters. The monoisotopic (exact) mass is 310 g/mol. The van der Waals surface area contributed by atoms with E-state index in [0.29, 0.717) is 6.04 Å². The zero-order chi connectivity index (χ0) is 15.9. The fourth-order valence-corrected chi connectivity index (χ4v) is 3.22. The Hall–Kier alpha value is -0.640. The van der Waals surface area contributed by atoms with Crippen LogP contribution in [0.3, 0.4) is 0 Å². The van der Waals surface area contributed by atoms with Crippen LogP contribution in [0, 0.1) is 0 Å². The third kappa shape index (κ3) is 9.39. The van der Waals surface area contributed by atoms with Gasteiger partial charge in [-0.1, -0.05) is 96.1 Å². The van der Waals surface area contributed by atoms with Gasteiger partial charge in [-0.3, -0.25) is 0 Å². The van der Waals surface area contributed by atoms with Crippen molar-refractivity contribution < 1.29 is 0 Å². The van der Waals surface area contributed by atoms with E-state index < -0.39 is 0 Å². The van der Waals surface area contributed by atoms with Crippen molar-refractivity contribution in [2.24, 2.45) is 10.3 Å². The number of hydrazine groups is 1. The highest BCUT2D eigenvalue weighted by molar-refractivity contribution is 4.67. The first kappa shape index (κ1) is 19.4. The molecule has 0 spiro atoms. The number of rotatable bonds is 15. The van der Waals surface area contributed by atoms with Crippen LogP contribution in [-0.2, 0) is 0 Å². The van der Waals surface area contributed by atoms with Crippen LogP contribution in [0.5, 0.6) is 0 Å². The molecule has 1 rings (SSSR count). The Kier molecular flexibility index (Phi) is 12.3. The maximum atomic E-state index is 3.98. The molecule has 0 aliphatic carbocycles. The van der Waals surface area contributed by atoms with E-state index in [9.17, 15) is 0 Å². The smallest absolute Gasteiger partial charge is 0.133 e. The molecule has 1 heterocycles. The fraction of sp³-hybridized carbons (Fsp3) is 1.00. The Morgan fingerprint density at radius 1 is 0.818 bits per heavy atom. The van der Waals surface area contributed by atoms with Crippen LogP contribution in [0.4, 0.5) is 0 Å². The number of hydrogen-bond donors (Lipinski definition) is 1. The molecule has 1 aliphatic heterocycles. The molecule has 1 aliphatic rings. The molecule has 0 saturated carbocycles. The first-order chi connectivity index (χ1) is 10.9. The first-order valence-electron chi connectivity index (χ1n) is 9.77. The van der Waals surface area contributed by atoms with Crippen LogP contribution < -0.4 is 5.53 Å². The van der Waals surface area contributed by atoms with E-state index in [0.717, 1.165) is 6.67 Å². The normalized spacial score (nSPS) is 16.1. The van der Waals surface area contributed by atoms with Gasteiger partial charge < -0.3 is 0 Å². The quantitative estimate of drug-likeness (QED) is 0.377. The maximum absolute atomic E-state index is 3.98. The molecule has 0 saturated heterocycles. The molecular weight excluding hydrogens is 272 g/mol. The molecule has 0 aromatic heterocycles. The molecule has 0 bridgehead atoms. The van der Waals surface area contributed by atoms with E-state index in [-0.39, 0.29) is 0 Å². The number of hydrogen-bond acceptors (Lipinski definition) is 4. The predicted octanol–water partition coefficient (Wildman–Crippen LogP) is 6.00. The molecule has 1 N–H and O–H groups in total. The number of nitrogens with one attached hydrogen (secondary N) is 1. The molecule has 4 heteroatoms. The lowest BCUT2D eigenvalue weighted by Gasteiger charge is -2.23. The van der Waals surface area contributed by atoms with Crippen LogP contribution in [0.25, 0.3) is 0 Å². The topological polar surface area (TPSA) is 40.0 Å². The Morgan fingerprint density at radius 3 is 1.82 bits per heavy atom. The molecule has 1 atom stereocenters. The second-order valence-corrected chi connectivity index (χ2v) is 6.69. The van der Waals surface area contributed by atoms with E-state index in [1.165, 1.54) is 89.9 Å². The molecule has 0 radical (unpaired) electrons. The second kappa shape index (κ2) is 14.0. The van der Waals surface area contributed by atoms with Crippen molar-refractivity contribution in [1.29, 1.82) is 0 Å². The lowest BCUT2D eigenvalue weighted by molar-refractivity contribution is 0.146. The zero-order valence-corrected chi connectivity index (χ0v) is 15.0. The van der Waals surface area contributed by atoms with Crippen LogP contribution in [0.2, 0.25) is 0 Å². The Balaban J connectivity index is 1.81. The van der Waals surface area contributed by atoms with Gasteiger partial charge >= 0.3 is 0 Å². The van der Waals surface area contributed by atoms with Gasteiger partial charge in [0.1, 0.15) is 6.67 Å². The highest BCUT2D eigenvalue weighted by Crippen LogP contribution is 2.16. The lowest BCUT2D eigenvalue weighted by Crippen LogP contribution is -2.39. The van der Waals surface area contributed by atoms with E-state index in [1.54, 1.807) is 0 Å². The number of nitrogens with zero attached hydrogens (tertiary/aromatic N) is 3. The van der Waals surface area contributed by atoms with E-state index in [2.05, 4.69) is 34.7 Å². The van der Waals surface area contributed by atoms with Gasteiger partial charge in [0.15, 0.2) is 0 Å². The molecule has 0 amide bonds. The summed E-state index contributed by atoms with van der Waals surface area (Å²) in [5.41, 5.74) is 2.99. The summed E-state index contributed by atoms with van der Waals surface area (Å²) in [6.07, 6.45) is 19.5. The molecule has 22 heavy (non-hydrogen) atoms.